The number of carbonyl (C=O) groups excluding carboxylic acids is 2. The van der Waals surface area contributed by atoms with Crippen molar-refractivity contribution in [3.8, 4) is 0 Å². The summed E-state index contributed by atoms with van der Waals surface area (Å²) in [5.41, 5.74) is 0. The molecule has 1 saturated heterocycles. The molecule has 1 atom stereocenters. The highest BCUT2D eigenvalue weighted by atomic mass is 16.2. The molecule has 1 unspecified atom stereocenters. The van der Waals surface area contributed by atoms with Crippen molar-refractivity contribution in [2.45, 2.75) is 33.2 Å². The fraction of sp³-hybridized carbons (Fsp3) is 0.800. The Morgan fingerprint density at radius 3 is 2.57 bits per heavy atom. The number of amides is 2. The largest absolute Gasteiger partial charge is 0.338 e. The second-order valence-corrected chi connectivity index (χ2v) is 4.08. The van der Waals surface area contributed by atoms with Gasteiger partial charge in [0, 0.05) is 13.1 Å². The van der Waals surface area contributed by atoms with E-state index in [2.05, 4.69) is 5.32 Å². The van der Waals surface area contributed by atoms with Crippen molar-refractivity contribution in [3.05, 3.63) is 0 Å². The number of urea groups is 1. The zero-order valence-corrected chi connectivity index (χ0v) is 9.04. The summed E-state index contributed by atoms with van der Waals surface area (Å²) in [4.78, 5) is 24.6. The van der Waals surface area contributed by atoms with Gasteiger partial charge >= 0.3 is 6.03 Å². The first-order valence-corrected chi connectivity index (χ1v) is 5.09. The molecular formula is C10H18N2O2. The van der Waals surface area contributed by atoms with Crippen LogP contribution in [0.3, 0.4) is 0 Å². The molecule has 4 nitrogen and oxygen atoms in total. The summed E-state index contributed by atoms with van der Waals surface area (Å²) in [5.74, 6) is 0.244. The molecule has 0 aromatic rings. The molecule has 14 heavy (non-hydrogen) atoms. The lowest BCUT2D eigenvalue weighted by atomic mass is 9.98. The first-order valence-electron chi connectivity index (χ1n) is 5.09. The number of hydrogen-bond donors (Lipinski definition) is 1. The normalized spacial score (nSPS) is 19.4. The number of nitrogens with one attached hydrogen (secondary N) is 1. The Bertz CT molecular complexity index is 238. The van der Waals surface area contributed by atoms with Crippen LogP contribution in [0.2, 0.25) is 0 Å². The Morgan fingerprint density at radius 2 is 2.14 bits per heavy atom. The molecule has 0 bridgehead atoms. The lowest BCUT2D eigenvalue weighted by molar-refractivity contribution is -0.122. The molecule has 1 rings (SSSR count). The standard InChI is InChI=1S/C10H18N2O2/c1-7(2)9(8(3)13)12-6-4-5-11-10(12)14/h7,9H,4-6H2,1-3H3,(H,11,14). The molecule has 0 aromatic carbocycles. The van der Waals surface area contributed by atoms with E-state index in [1.54, 1.807) is 11.8 Å². The van der Waals surface area contributed by atoms with Gasteiger partial charge in [-0.3, -0.25) is 4.79 Å². The number of nitrogens with zero attached hydrogens (tertiary/aromatic N) is 1. The van der Waals surface area contributed by atoms with E-state index in [0.717, 1.165) is 13.0 Å². The molecule has 1 aliphatic heterocycles. The van der Waals surface area contributed by atoms with Crippen LogP contribution in [-0.4, -0.2) is 35.8 Å². The smallest absolute Gasteiger partial charge is 0.318 e. The van der Waals surface area contributed by atoms with Crippen molar-refractivity contribution in [1.82, 2.24) is 10.2 Å². The zero-order valence-electron chi connectivity index (χ0n) is 9.04. The highest BCUT2D eigenvalue weighted by Gasteiger charge is 2.31. The minimum absolute atomic E-state index is 0.0667. The maximum Gasteiger partial charge on any atom is 0.318 e. The molecule has 0 spiro atoms. The molecule has 1 aliphatic rings. The highest BCUT2D eigenvalue weighted by Crippen LogP contribution is 2.14. The van der Waals surface area contributed by atoms with E-state index in [-0.39, 0.29) is 23.8 Å². The van der Waals surface area contributed by atoms with Gasteiger partial charge in [0.05, 0.1) is 6.04 Å². The third-order valence-electron chi connectivity index (χ3n) is 2.50. The SMILES string of the molecule is CC(=O)C(C(C)C)N1CCCNC1=O. The monoisotopic (exact) mass is 198 g/mol. The number of ketones is 1. The van der Waals surface area contributed by atoms with Gasteiger partial charge in [0.2, 0.25) is 0 Å². The molecule has 0 saturated carbocycles. The van der Waals surface area contributed by atoms with Crippen LogP contribution in [0.15, 0.2) is 0 Å². The summed E-state index contributed by atoms with van der Waals surface area (Å²) in [6.45, 7) is 6.89. The van der Waals surface area contributed by atoms with Gasteiger partial charge in [-0.25, -0.2) is 4.79 Å². The summed E-state index contributed by atoms with van der Waals surface area (Å²) in [5, 5.41) is 2.76. The van der Waals surface area contributed by atoms with E-state index in [0.29, 0.717) is 6.54 Å². The average Bonchev–Trinajstić information content (AvgIpc) is 2.07. The first-order chi connectivity index (χ1) is 6.54. The Morgan fingerprint density at radius 1 is 1.50 bits per heavy atom. The fourth-order valence-corrected chi connectivity index (χ4v) is 1.96. The minimum atomic E-state index is -0.268. The van der Waals surface area contributed by atoms with Crippen LogP contribution in [0, 0.1) is 5.92 Å². The van der Waals surface area contributed by atoms with Crippen LogP contribution in [-0.2, 0) is 4.79 Å². The van der Waals surface area contributed by atoms with Gasteiger partial charge < -0.3 is 10.2 Å². The van der Waals surface area contributed by atoms with Gasteiger partial charge in [-0.05, 0) is 19.3 Å². The van der Waals surface area contributed by atoms with Crippen molar-refractivity contribution in [2.24, 2.45) is 5.92 Å². The van der Waals surface area contributed by atoms with Crippen LogP contribution < -0.4 is 5.32 Å². The quantitative estimate of drug-likeness (QED) is 0.736. The number of hydrogen-bond acceptors (Lipinski definition) is 2. The maximum atomic E-state index is 11.5. The van der Waals surface area contributed by atoms with Gasteiger partial charge in [-0.1, -0.05) is 13.8 Å². The van der Waals surface area contributed by atoms with Gasteiger partial charge in [-0.2, -0.15) is 0 Å². The molecule has 1 N–H and O–H groups in total. The lowest BCUT2D eigenvalue weighted by Gasteiger charge is -2.35. The minimum Gasteiger partial charge on any atom is -0.338 e. The Balaban J connectivity index is 2.75. The number of Topliss-reactive ketones (excluding diaryl/α,β-unsaturated/α-hetero) is 1. The van der Waals surface area contributed by atoms with Crippen molar-refractivity contribution in [2.75, 3.05) is 13.1 Å². The summed E-state index contributed by atoms with van der Waals surface area (Å²) in [6.07, 6.45) is 0.919. The van der Waals surface area contributed by atoms with Gasteiger partial charge in [0.25, 0.3) is 0 Å². The predicted octanol–water partition coefficient (Wildman–Crippen LogP) is 1.02. The molecule has 1 fully saturated rings. The second-order valence-electron chi connectivity index (χ2n) is 4.08. The van der Waals surface area contributed by atoms with E-state index >= 15 is 0 Å². The molecule has 2 amide bonds. The molecule has 0 aliphatic carbocycles. The van der Waals surface area contributed by atoms with Crippen molar-refractivity contribution in [1.29, 1.82) is 0 Å². The van der Waals surface area contributed by atoms with Gasteiger partial charge in [0.1, 0.15) is 0 Å². The highest BCUT2D eigenvalue weighted by molar-refractivity contribution is 5.87. The lowest BCUT2D eigenvalue weighted by Crippen LogP contribution is -2.55. The molecule has 0 radical (unpaired) electrons. The third-order valence-corrected chi connectivity index (χ3v) is 2.50. The van der Waals surface area contributed by atoms with E-state index in [9.17, 15) is 9.59 Å². The molecular weight excluding hydrogens is 180 g/mol. The van der Waals surface area contributed by atoms with Crippen LogP contribution in [0.4, 0.5) is 4.79 Å². The van der Waals surface area contributed by atoms with Crippen LogP contribution in [0.1, 0.15) is 27.2 Å². The van der Waals surface area contributed by atoms with E-state index in [4.69, 9.17) is 0 Å². The van der Waals surface area contributed by atoms with E-state index in [1.165, 1.54) is 0 Å². The zero-order chi connectivity index (χ0) is 10.7. The van der Waals surface area contributed by atoms with Crippen molar-refractivity contribution in [3.63, 3.8) is 0 Å². The van der Waals surface area contributed by atoms with E-state index in [1.807, 2.05) is 13.8 Å². The predicted molar refractivity (Wildman–Crippen MR) is 54.0 cm³/mol. The fourth-order valence-electron chi connectivity index (χ4n) is 1.96. The summed E-state index contributed by atoms with van der Waals surface area (Å²) >= 11 is 0. The van der Waals surface area contributed by atoms with Gasteiger partial charge in [0.15, 0.2) is 5.78 Å². The van der Waals surface area contributed by atoms with Gasteiger partial charge in [-0.15, -0.1) is 0 Å². The third kappa shape index (κ3) is 2.25. The Hall–Kier alpha value is -1.06. The van der Waals surface area contributed by atoms with Crippen molar-refractivity contribution >= 4 is 11.8 Å². The van der Waals surface area contributed by atoms with E-state index < -0.39 is 0 Å². The van der Waals surface area contributed by atoms with Crippen LogP contribution in [0.5, 0.6) is 0 Å². The first kappa shape index (κ1) is 11.0. The number of carbonyl (C=O) groups is 2. The molecule has 80 valence electrons. The average molecular weight is 198 g/mol. The Kier molecular flexibility index (Phi) is 3.49. The Labute approximate surface area is 84.7 Å². The summed E-state index contributed by atoms with van der Waals surface area (Å²) < 4.78 is 0. The topological polar surface area (TPSA) is 49.4 Å². The maximum absolute atomic E-state index is 11.5. The molecule has 1 heterocycles. The van der Waals surface area contributed by atoms with Crippen LogP contribution >= 0.6 is 0 Å². The molecule has 0 aromatic heterocycles. The second kappa shape index (κ2) is 4.44. The summed E-state index contributed by atoms with van der Waals surface area (Å²) in [6, 6.07) is -0.375. The number of rotatable bonds is 3. The summed E-state index contributed by atoms with van der Waals surface area (Å²) in [7, 11) is 0. The van der Waals surface area contributed by atoms with Crippen LogP contribution in [0.25, 0.3) is 0 Å². The molecule has 4 heteroatoms. The van der Waals surface area contributed by atoms with Crippen molar-refractivity contribution < 1.29 is 9.59 Å².